The fourth-order valence-electron chi connectivity index (χ4n) is 1.04. The number of fused-ring (bicyclic) bond motifs is 1. The van der Waals surface area contributed by atoms with Crippen molar-refractivity contribution in [2.45, 2.75) is 6.54 Å². The van der Waals surface area contributed by atoms with E-state index in [0.717, 1.165) is 5.82 Å². The van der Waals surface area contributed by atoms with Gasteiger partial charge in [0.2, 0.25) is 5.88 Å². The lowest BCUT2D eigenvalue weighted by Gasteiger charge is -2.17. The minimum absolute atomic E-state index is 0.143. The van der Waals surface area contributed by atoms with E-state index in [4.69, 9.17) is 5.84 Å². The SMILES string of the molecule is NN1C=Cn2c(O)cnc2C1. The molecule has 0 unspecified atom stereocenters. The van der Waals surface area contributed by atoms with Gasteiger partial charge in [0, 0.05) is 12.4 Å². The topological polar surface area (TPSA) is 67.3 Å². The van der Waals surface area contributed by atoms with Crippen molar-refractivity contribution in [3.63, 3.8) is 0 Å². The van der Waals surface area contributed by atoms with Gasteiger partial charge in [-0.3, -0.25) is 4.57 Å². The minimum Gasteiger partial charge on any atom is -0.493 e. The summed E-state index contributed by atoms with van der Waals surface area (Å²) in [6.07, 6.45) is 4.74. The van der Waals surface area contributed by atoms with Crippen LogP contribution in [0.25, 0.3) is 6.20 Å². The van der Waals surface area contributed by atoms with Crippen LogP contribution in [0, 0.1) is 0 Å². The number of rotatable bonds is 0. The van der Waals surface area contributed by atoms with Gasteiger partial charge in [-0.2, -0.15) is 0 Å². The number of aromatic nitrogens is 2. The number of aromatic hydroxyl groups is 1. The first-order valence-corrected chi connectivity index (χ1v) is 3.22. The fourth-order valence-corrected chi connectivity index (χ4v) is 1.04. The Hall–Kier alpha value is -1.49. The molecule has 0 radical (unpaired) electrons. The van der Waals surface area contributed by atoms with Crippen LogP contribution in [0.15, 0.2) is 12.4 Å². The van der Waals surface area contributed by atoms with Crippen LogP contribution in [0.4, 0.5) is 0 Å². The van der Waals surface area contributed by atoms with Gasteiger partial charge in [-0.05, 0) is 0 Å². The average Bonchev–Trinajstić information content (AvgIpc) is 2.32. The highest BCUT2D eigenvalue weighted by Crippen LogP contribution is 2.16. The molecule has 0 aliphatic carbocycles. The number of nitrogens with two attached hydrogens (primary N) is 1. The van der Waals surface area contributed by atoms with Gasteiger partial charge >= 0.3 is 0 Å². The molecule has 2 rings (SSSR count). The second-order valence-electron chi connectivity index (χ2n) is 2.37. The molecular weight excluding hydrogens is 144 g/mol. The summed E-state index contributed by atoms with van der Waals surface area (Å²) in [6.45, 7) is 0.525. The van der Waals surface area contributed by atoms with E-state index in [0.29, 0.717) is 6.54 Å². The average molecular weight is 152 g/mol. The normalized spacial score (nSPS) is 15.2. The van der Waals surface area contributed by atoms with Crippen LogP contribution in [-0.2, 0) is 6.54 Å². The molecule has 11 heavy (non-hydrogen) atoms. The molecule has 3 N–H and O–H groups in total. The zero-order chi connectivity index (χ0) is 7.84. The lowest BCUT2D eigenvalue weighted by Crippen LogP contribution is -2.28. The molecule has 0 saturated carbocycles. The van der Waals surface area contributed by atoms with E-state index >= 15 is 0 Å². The molecule has 0 aromatic carbocycles. The van der Waals surface area contributed by atoms with Crippen LogP contribution in [0.2, 0.25) is 0 Å². The second kappa shape index (κ2) is 2.00. The monoisotopic (exact) mass is 152 g/mol. The van der Waals surface area contributed by atoms with E-state index < -0.39 is 0 Å². The number of nitrogens with zero attached hydrogens (tertiary/aromatic N) is 3. The molecule has 1 aromatic heterocycles. The largest absolute Gasteiger partial charge is 0.493 e. The number of hydrogen-bond acceptors (Lipinski definition) is 4. The standard InChI is InChI=1S/C6H8N4O/c7-9-1-2-10-5(4-9)8-3-6(10)11/h1-3,11H,4,7H2. The van der Waals surface area contributed by atoms with E-state index in [1.807, 2.05) is 0 Å². The van der Waals surface area contributed by atoms with Gasteiger partial charge in [0.25, 0.3) is 0 Å². The van der Waals surface area contributed by atoms with E-state index in [9.17, 15) is 5.11 Å². The molecule has 58 valence electrons. The summed E-state index contributed by atoms with van der Waals surface area (Å²) >= 11 is 0. The van der Waals surface area contributed by atoms with Crippen molar-refractivity contribution >= 4 is 6.20 Å². The Morgan fingerprint density at radius 1 is 1.55 bits per heavy atom. The quantitative estimate of drug-likeness (QED) is 0.501. The molecule has 1 aliphatic heterocycles. The first kappa shape index (κ1) is 6.23. The summed E-state index contributed by atoms with van der Waals surface area (Å²) in [5.41, 5.74) is 0. The van der Waals surface area contributed by atoms with Gasteiger partial charge in [-0.25, -0.2) is 10.8 Å². The Morgan fingerprint density at radius 3 is 3.18 bits per heavy atom. The van der Waals surface area contributed by atoms with E-state index in [-0.39, 0.29) is 5.88 Å². The summed E-state index contributed by atoms with van der Waals surface area (Å²) < 4.78 is 1.59. The summed E-state index contributed by atoms with van der Waals surface area (Å²) in [5.74, 6) is 6.36. The molecule has 5 nitrogen and oxygen atoms in total. The molecule has 0 fully saturated rings. The van der Waals surface area contributed by atoms with Crippen molar-refractivity contribution in [3.8, 4) is 5.88 Å². The van der Waals surface area contributed by atoms with Gasteiger partial charge in [0.05, 0.1) is 12.7 Å². The molecule has 1 aromatic rings. The molecule has 1 aliphatic rings. The lowest BCUT2D eigenvalue weighted by molar-refractivity contribution is 0.358. The van der Waals surface area contributed by atoms with Crippen LogP contribution in [0.5, 0.6) is 5.88 Å². The smallest absolute Gasteiger partial charge is 0.215 e. The molecule has 0 spiro atoms. The highest BCUT2D eigenvalue weighted by molar-refractivity contribution is 5.33. The number of imidazole rings is 1. The Balaban J connectivity index is 2.48. The van der Waals surface area contributed by atoms with Crippen LogP contribution in [-0.4, -0.2) is 19.7 Å². The van der Waals surface area contributed by atoms with Gasteiger partial charge < -0.3 is 10.1 Å². The van der Waals surface area contributed by atoms with Crippen LogP contribution in [0.1, 0.15) is 5.82 Å². The van der Waals surface area contributed by atoms with Crippen molar-refractivity contribution < 1.29 is 5.11 Å². The van der Waals surface area contributed by atoms with Gasteiger partial charge in [-0.1, -0.05) is 0 Å². The minimum atomic E-state index is 0.143. The van der Waals surface area contributed by atoms with Crippen molar-refractivity contribution in [1.82, 2.24) is 14.6 Å². The lowest BCUT2D eigenvalue weighted by atomic mass is 10.5. The maximum Gasteiger partial charge on any atom is 0.215 e. The van der Waals surface area contributed by atoms with Crippen molar-refractivity contribution in [3.05, 3.63) is 18.2 Å². The third-order valence-electron chi connectivity index (χ3n) is 1.59. The first-order chi connectivity index (χ1) is 5.27. The summed E-state index contributed by atoms with van der Waals surface area (Å²) in [4.78, 5) is 3.95. The summed E-state index contributed by atoms with van der Waals surface area (Å²) in [5, 5.41) is 10.7. The molecule has 5 heteroatoms. The fraction of sp³-hybridized carbons (Fsp3) is 0.167. The van der Waals surface area contributed by atoms with Gasteiger partial charge in [0.15, 0.2) is 0 Å². The Bertz CT molecular complexity index is 304. The van der Waals surface area contributed by atoms with Crippen LogP contribution >= 0.6 is 0 Å². The summed E-state index contributed by atoms with van der Waals surface area (Å²) in [7, 11) is 0. The number of hydrazine groups is 1. The van der Waals surface area contributed by atoms with Crippen LogP contribution < -0.4 is 5.84 Å². The Labute approximate surface area is 63.3 Å². The Kier molecular flexibility index (Phi) is 1.13. The second-order valence-corrected chi connectivity index (χ2v) is 2.37. The predicted octanol–water partition coefficient (Wildman–Crippen LogP) is -0.294. The summed E-state index contributed by atoms with van der Waals surface area (Å²) in [6, 6.07) is 0. The van der Waals surface area contributed by atoms with E-state index in [1.54, 1.807) is 17.0 Å². The molecule has 0 atom stereocenters. The maximum atomic E-state index is 9.17. The Morgan fingerprint density at radius 2 is 2.36 bits per heavy atom. The highest BCUT2D eigenvalue weighted by atomic mass is 16.3. The van der Waals surface area contributed by atoms with Crippen molar-refractivity contribution in [2.24, 2.45) is 5.84 Å². The van der Waals surface area contributed by atoms with Crippen molar-refractivity contribution in [2.75, 3.05) is 0 Å². The third kappa shape index (κ3) is 0.857. The van der Waals surface area contributed by atoms with Crippen molar-refractivity contribution in [1.29, 1.82) is 0 Å². The highest BCUT2D eigenvalue weighted by Gasteiger charge is 2.11. The van der Waals surface area contributed by atoms with Gasteiger partial charge in [-0.15, -0.1) is 0 Å². The third-order valence-corrected chi connectivity index (χ3v) is 1.59. The molecule has 0 saturated heterocycles. The molecule has 0 amide bonds. The molecular formula is C6H8N4O. The molecule has 0 bridgehead atoms. The van der Waals surface area contributed by atoms with Gasteiger partial charge in [0.1, 0.15) is 5.82 Å². The zero-order valence-corrected chi connectivity index (χ0v) is 5.81. The predicted molar refractivity (Wildman–Crippen MR) is 39.0 cm³/mol. The van der Waals surface area contributed by atoms with E-state index in [1.165, 1.54) is 11.2 Å². The zero-order valence-electron chi connectivity index (χ0n) is 5.81. The maximum absolute atomic E-state index is 9.17. The van der Waals surface area contributed by atoms with Crippen LogP contribution in [0.3, 0.4) is 0 Å². The molecule has 2 heterocycles. The first-order valence-electron chi connectivity index (χ1n) is 3.22. The number of hydrogen-bond donors (Lipinski definition) is 2. The van der Waals surface area contributed by atoms with E-state index in [2.05, 4.69) is 4.98 Å².